The third-order valence-electron chi connectivity index (χ3n) is 3.85. The number of anilines is 1. The van der Waals surface area contributed by atoms with Gasteiger partial charge in [0.25, 0.3) is 11.8 Å². The molecule has 0 atom stereocenters. The number of thiophene rings is 1. The molecule has 0 spiro atoms. The molecule has 9 heteroatoms. The minimum Gasteiger partial charge on any atom is -0.497 e. The molecule has 2 N–H and O–H groups in total. The van der Waals surface area contributed by atoms with Gasteiger partial charge in [0.1, 0.15) is 22.3 Å². The number of methoxy groups -OCH3 is 1. The molecule has 0 fully saturated rings. The lowest BCUT2D eigenvalue weighted by molar-refractivity contribution is 0.0540. The number of carbonyl (C=O) groups is 2. The second-order valence-corrected chi connectivity index (χ2v) is 6.61. The number of carbonyl (C=O) groups excluding carboxylic acids is 2. The highest BCUT2D eigenvalue weighted by Crippen LogP contribution is 2.31. The van der Waals surface area contributed by atoms with E-state index in [4.69, 9.17) is 8.85 Å². The fraction of sp³-hybridized carbons (Fsp3) is 0.100. The van der Waals surface area contributed by atoms with Gasteiger partial charge in [-0.1, -0.05) is 12.1 Å². The molecule has 0 saturated carbocycles. The van der Waals surface area contributed by atoms with Gasteiger partial charge in [0.15, 0.2) is 0 Å². The van der Waals surface area contributed by atoms with Gasteiger partial charge in [-0.05, 0) is 41.3 Å². The number of nitrogens with one attached hydrogen (secondary N) is 2. The van der Waals surface area contributed by atoms with Crippen LogP contribution in [0.4, 0.5) is 14.5 Å². The summed E-state index contributed by atoms with van der Waals surface area (Å²) in [5, 5.41) is 3.86. The summed E-state index contributed by atoms with van der Waals surface area (Å²) >= 11 is 0.995. The van der Waals surface area contributed by atoms with Gasteiger partial charge in [-0.3, -0.25) is 14.4 Å². The maximum absolute atomic E-state index is 14.7. The lowest BCUT2D eigenvalue weighted by Crippen LogP contribution is -2.24. The lowest BCUT2D eigenvalue weighted by Gasteiger charge is -2.11. The highest BCUT2D eigenvalue weighted by Gasteiger charge is 2.20. The normalized spacial score (nSPS) is 12.4. The summed E-state index contributed by atoms with van der Waals surface area (Å²) in [6, 6.07) is 8.54. The van der Waals surface area contributed by atoms with Crippen LogP contribution in [0.2, 0.25) is 0 Å². The maximum atomic E-state index is 14.7. The van der Waals surface area contributed by atoms with Crippen LogP contribution in [-0.4, -0.2) is 26.0 Å². The van der Waals surface area contributed by atoms with Gasteiger partial charge in [0, 0.05) is 5.69 Å². The van der Waals surface area contributed by atoms with Crippen molar-refractivity contribution in [1.82, 2.24) is 5.48 Å². The number of benzene rings is 2. The molecule has 6 nitrogen and oxygen atoms in total. The molecular formula is C20H16F2N2O4S. The average Bonchev–Trinajstić information content (AvgIpc) is 3.17. The Hall–Kier alpha value is -3.30. The standard InChI is InChI=1S/C20H16F2N2O4S/c1-27-13-5-3-4-11(8-13)17-15(21)9-12(10-16(17)22)23-19(25)14-6-7-29-18(14)20(26)24-28-2/h3-10H,1-2H3,(H,23,25)(H,24,26)/i1D3. The Balaban J connectivity index is 1.86. The van der Waals surface area contributed by atoms with Crippen molar-refractivity contribution in [2.75, 3.05) is 19.5 Å². The molecule has 150 valence electrons. The predicted octanol–water partition coefficient (Wildman–Crippen LogP) is 4.25. The van der Waals surface area contributed by atoms with E-state index in [9.17, 15) is 18.4 Å². The Morgan fingerprint density at radius 3 is 2.55 bits per heavy atom. The summed E-state index contributed by atoms with van der Waals surface area (Å²) in [4.78, 5) is 29.1. The van der Waals surface area contributed by atoms with Crippen molar-refractivity contribution < 1.29 is 32.1 Å². The van der Waals surface area contributed by atoms with Crippen molar-refractivity contribution >= 4 is 28.8 Å². The minimum absolute atomic E-state index is 0.00367. The van der Waals surface area contributed by atoms with Gasteiger partial charge < -0.3 is 10.1 Å². The van der Waals surface area contributed by atoms with Crippen LogP contribution in [0.25, 0.3) is 11.1 Å². The molecule has 0 aliphatic heterocycles. The van der Waals surface area contributed by atoms with E-state index in [1.165, 1.54) is 42.8 Å². The van der Waals surface area contributed by atoms with Crippen LogP contribution < -0.4 is 15.5 Å². The van der Waals surface area contributed by atoms with Crippen LogP contribution in [0.1, 0.15) is 24.1 Å². The Morgan fingerprint density at radius 1 is 1.10 bits per heavy atom. The number of hydrogen-bond donors (Lipinski definition) is 2. The summed E-state index contributed by atoms with van der Waals surface area (Å²) in [7, 11) is -1.48. The number of ether oxygens (including phenoxy) is 1. The molecule has 1 heterocycles. The quantitative estimate of drug-likeness (QED) is 0.584. The third-order valence-corrected chi connectivity index (χ3v) is 4.76. The lowest BCUT2D eigenvalue weighted by atomic mass is 10.0. The molecule has 3 aromatic rings. The van der Waals surface area contributed by atoms with Crippen molar-refractivity contribution in [2.45, 2.75) is 0 Å². The monoisotopic (exact) mass is 421 g/mol. The molecule has 29 heavy (non-hydrogen) atoms. The molecule has 3 rings (SSSR count). The Morgan fingerprint density at radius 2 is 1.86 bits per heavy atom. The zero-order chi connectivity index (χ0) is 23.5. The number of halogens is 2. The van der Waals surface area contributed by atoms with Crippen molar-refractivity contribution in [2.24, 2.45) is 0 Å². The number of rotatable bonds is 6. The molecule has 0 aliphatic carbocycles. The van der Waals surface area contributed by atoms with Crippen molar-refractivity contribution in [1.29, 1.82) is 0 Å². The largest absolute Gasteiger partial charge is 0.497 e. The Labute approximate surface area is 173 Å². The molecule has 0 bridgehead atoms. The maximum Gasteiger partial charge on any atom is 0.285 e. The van der Waals surface area contributed by atoms with Crippen molar-refractivity contribution in [3.63, 3.8) is 0 Å². The smallest absolute Gasteiger partial charge is 0.285 e. The van der Waals surface area contributed by atoms with Crippen LogP contribution in [0.3, 0.4) is 0 Å². The number of amides is 2. The first-order valence-electron chi connectivity index (χ1n) is 9.59. The molecule has 0 radical (unpaired) electrons. The highest BCUT2D eigenvalue weighted by molar-refractivity contribution is 7.12. The van der Waals surface area contributed by atoms with Gasteiger partial charge in [0.2, 0.25) is 0 Å². The van der Waals surface area contributed by atoms with Crippen LogP contribution in [0.5, 0.6) is 5.75 Å². The number of hydroxylamine groups is 1. The van der Waals surface area contributed by atoms with E-state index in [1.807, 2.05) is 0 Å². The fourth-order valence-electron chi connectivity index (χ4n) is 2.64. The molecule has 2 amide bonds. The minimum atomic E-state index is -2.72. The summed E-state index contributed by atoms with van der Waals surface area (Å²) in [6.45, 7) is 0. The summed E-state index contributed by atoms with van der Waals surface area (Å²) < 4.78 is 55.7. The van der Waals surface area contributed by atoms with E-state index < -0.39 is 36.1 Å². The first-order chi connectivity index (χ1) is 15.1. The first kappa shape index (κ1) is 16.6. The predicted molar refractivity (Wildman–Crippen MR) is 105 cm³/mol. The van der Waals surface area contributed by atoms with Crippen LogP contribution in [0, 0.1) is 11.6 Å². The summed E-state index contributed by atoms with van der Waals surface area (Å²) in [5.41, 5.74) is 1.56. The van der Waals surface area contributed by atoms with E-state index in [2.05, 4.69) is 15.6 Å². The van der Waals surface area contributed by atoms with Crippen LogP contribution >= 0.6 is 11.3 Å². The zero-order valence-corrected chi connectivity index (χ0v) is 15.7. The zero-order valence-electron chi connectivity index (χ0n) is 17.9. The molecule has 1 aromatic heterocycles. The topological polar surface area (TPSA) is 76.7 Å². The van der Waals surface area contributed by atoms with Crippen molar-refractivity contribution in [3.05, 3.63) is 69.9 Å². The average molecular weight is 421 g/mol. The van der Waals surface area contributed by atoms with E-state index in [0.29, 0.717) is 0 Å². The molecule has 2 aromatic carbocycles. The molecule has 0 unspecified atom stereocenters. The van der Waals surface area contributed by atoms with Gasteiger partial charge in [-0.25, -0.2) is 14.3 Å². The van der Waals surface area contributed by atoms with Gasteiger partial charge >= 0.3 is 0 Å². The second kappa shape index (κ2) is 8.80. The third kappa shape index (κ3) is 4.41. The number of hydrogen-bond acceptors (Lipinski definition) is 5. The van der Waals surface area contributed by atoms with Gasteiger partial charge in [0.05, 0.1) is 29.4 Å². The molecule has 0 saturated heterocycles. The van der Waals surface area contributed by atoms with Crippen LogP contribution in [-0.2, 0) is 4.84 Å². The second-order valence-electron chi connectivity index (χ2n) is 5.70. The van der Waals surface area contributed by atoms with Crippen LogP contribution in [0.15, 0.2) is 47.8 Å². The molecule has 0 aliphatic rings. The van der Waals surface area contributed by atoms with E-state index in [0.717, 1.165) is 23.5 Å². The first-order valence-corrected chi connectivity index (χ1v) is 8.97. The van der Waals surface area contributed by atoms with E-state index >= 15 is 0 Å². The van der Waals surface area contributed by atoms with E-state index in [1.54, 1.807) is 0 Å². The Kier molecular flexibility index (Phi) is 5.05. The van der Waals surface area contributed by atoms with Gasteiger partial charge in [-0.15, -0.1) is 11.3 Å². The molecular weight excluding hydrogens is 402 g/mol. The fourth-order valence-corrected chi connectivity index (χ4v) is 3.41. The summed E-state index contributed by atoms with van der Waals surface area (Å²) in [6.07, 6.45) is 0. The highest BCUT2D eigenvalue weighted by atomic mass is 32.1. The SMILES string of the molecule is [2H]C([2H])([2H])Oc1cccc(-c2c(F)cc(NC(=O)c3ccsc3C(=O)NOC)cc2F)c1. The van der Waals surface area contributed by atoms with Gasteiger partial charge in [-0.2, -0.15) is 0 Å². The van der Waals surface area contributed by atoms with E-state index in [-0.39, 0.29) is 27.4 Å². The summed E-state index contributed by atoms with van der Waals surface area (Å²) in [5.74, 6) is -3.45. The van der Waals surface area contributed by atoms with Crippen molar-refractivity contribution in [3.8, 4) is 16.9 Å². The Bertz CT molecular complexity index is 1140.